The predicted molar refractivity (Wildman–Crippen MR) is 241 cm³/mol. The first-order valence-electron chi connectivity index (χ1n) is 19.1. The number of hydrogen-bond donors (Lipinski definition) is 0. The molecule has 56 heavy (non-hydrogen) atoms. The number of nitrogens with zero attached hydrogens (tertiary/aromatic N) is 1. The molecule has 0 saturated heterocycles. The van der Waals surface area contributed by atoms with Crippen molar-refractivity contribution in [2.45, 2.75) is 0 Å². The van der Waals surface area contributed by atoms with Crippen LogP contribution in [0.15, 0.2) is 224 Å². The molecular formula is C54H37NS. The van der Waals surface area contributed by atoms with Gasteiger partial charge in [0.05, 0.1) is 5.69 Å². The first-order valence-corrected chi connectivity index (χ1v) is 19.9. The van der Waals surface area contributed by atoms with E-state index in [1.54, 1.807) is 0 Å². The van der Waals surface area contributed by atoms with Gasteiger partial charge in [0.1, 0.15) is 0 Å². The molecule has 1 heterocycles. The van der Waals surface area contributed by atoms with Crippen LogP contribution >= 0.6 is 11.3 Å². The molecule has 0 spiro atoms. The van der Waals surface area contributed by atoms with Crippen molar-refractivity contribution in [2.24, 2.45) is 0 Å². The molecule has 0 radical (unpaired) electrons. The van der Waals surface area contributed by atoms with Crippen molar-refractivity contribution in [1.82, 2.24) is 0 Å². The van der Waals surface area contributed by atoms with E-state index in [9.17, 15) is 0 Å². The smallest absolute Gasteiger partial charge is 0.0540 e. The van der Waals surface area contributed by atoms with E-state index in [1.165, 1.54) is 75.8 Å². The molecule has 1 nitrogen and oxygen atoms in total. The fraction of sp³-hybridized carbons (Fsp3) is 0. The van der Waals surface area contributed by atoms with Crippen LogP contribution in [0.25, 0.3) is 75.8 Å². The summed E-state index contributed by atoms with van der Waals surface area (Å²) < 4.78 is 2.58. The van der Waals surface area contributed by atoms with Gasteiger partial charge in [-0.25, -0.2) is 0 Å². The van der Waals surface area contributed by atoms with E-state index in [-0.39, 0.29) is 0 Å². The Labute approximate surface area is 332 Å². The highest BCUT2D eigenvalue weighted by Crippen LogP contribution is 2.46. The van der Waals surface area contributed by atoms with Gasteiger partial charge in [-0.2, -0.15) is 0 Å². The number of thiophene rings is 1. The average molecular weight is 732 g/mol. The monoisotopic (exact) mass is 731 g/mol. The lowest BCUT2D eigenvalue weighted by Crippen LogP contribution is -2.11. The second-order valence-corrected chi connectivity index (χ2v) is 15.2. The summed E-state index contributed by atoms with van der Waals surface area (Å²) in [6, 6.07) is 81.4. The number of anilines is 3. The molecule has 0 amide bonds. The Kier molecular flexibility index (Phi) is 8.79. The van der Waals surface area contributed by atoms with Crippen molar-refractivity contribution < 1.29 is 0 Å². The fourth-order valence-electron chi connectivity index (χ4n) is 7.92. The molecule has 9 aromatic carbocycles. The van der Waals surface area contributed by atoms with Gasteiger partial charge in [-0.05, 0) is 98.6 Å². The topological polar surface area (TPSA) is 3.24 Å². The molecule has 0 unspecified atom stereocenters. The standard InChI is InChI=1S/C54H37NS/c1-5-15-38(16-6-1)39-25-29-45(30-26-39)55(46-31-33-49-48-23-13-14-24-53(48)56-54(49)37-46)52-34-28-44(36-51(52)42-21-11-4-12-22-42)43-27-32-47(40-17-7-2-8-18-40)50(35-43)41-19-9-3-10-20-41/h1-37H. The normalized spacial score (nSPS) is 11.2. The second-order valence-electron chi connectivity index (χ2n) is 14.1. The van der Waals surface area contributed by atoms with E-state index < -0.39 is 0 Å². The van der Waals surface area contributed by atoms with Gasteiger partial charge in [-0.15, -0.1) is 11.3 Å². The van der Waals surface area contributed by atoms with Crippen molar-refractivity contribution in [3.05, 3.63) is 224 Å². The third-order valence-corrected chi connectivity index (χ3v) is 11.8. The highest BCUT2D eigenvalue weighted by Gasteiger charge is 2.20. The molecule has 0 atom stereocenters. The van der Waals surface area contributed by atoms with Crippen LogP contribution in [0.4, 0.5) is 17.1 Å². The molecule has 2 heteroatoms. The molecular weight excluding hydrogens is 695 g/mol. The lowest BCUT2D eigenvalue weighted by atomic mass is 9.90. The summed E-state index contributed by atoms with van der Waals surface area (Å²) in [6.07, 6.45) is 0. The maximum absolute atomic E-state index is 2.43. The number of benzene rings is 9. The molecule has 10 aromatic rings. The largest absolute Gasteiger partial charge is 0.310 e. The Morgan fingerprint density at radius 3 is 1.39 bits per heavy atom. The Bertz CT molecular complexity index is 2930. The second kappa shape index (κ2) is 14.7. The molecule has 0 aliphatic rings. The molecule has 0 saturated carbocycles. The minimum atomic E-state index is 1.11. The van der Waals surface area contributed by atoms with Crippen LogP contribution in [0.2, 0.25) is 0 Å². The molecule has 264 valence electrons. The summed E-state index contributed by atoms with van der Waals surface area (Å²) in [7, 11) is 0. The molecule has 0 bridgehead atoms. The van der Waals surface area contributed by atoms with Crippen molar-refractivity contribution >= 4 is 48.6 Å². The van der Waals surface area contributed by atoms with Crippen molar-refractivity contribution in [2.75, 3.05) is 4.90 Å². The van der Waals surface area contributed by atoms with Gasteiger partial charge in [0.25, 0.3) is 0 Å². The molecule has 1 aromatic heterocycles. The Hall–Kier alpha value is -7.00. The summed E-state index contributed by atoms with van der Waals surface area (Å²) in [5, 5.41) is 2.60. The minimum absolute atomic E-state index is 1.11. The van der Waals surface area contributed by atoms with E-state index in [0.29, 0.717) is 0 Å². The summed E-state index contributed by atoms with van der Waals surface area (Å²) in [4.78, 5) is 2.43. The zero-order valence-corrected chi connectivity index (χ0v) is 31.5. The lowest BCUT2D eigenvalue weighted by Gasteiger charge is -2.29. The third kappa shape index (κ3) is 6.36. The van der Waals surface area contributed by atoms with Gasteiger partial charge in [-0.3, -0.25) is 0 Å². The zero-order valence-electron chi connectivity index (χ0n) is 30.7. The zero-order chi connectivity index (χ0) is 37.3. The van der Waals surface area contributed by atoms with Crippen LogP contribution in [-0.4, -0.2) is 0 Å². The van der Waals surface area contributed by atoms with E-state index in [1.807, 2.05) is 11.3 Å². The molecule has 0 N–H and O–H groups in total. The maximum atomic E-state index is 2.43. The van der Waals surface area contributed by atoms with Crippen LogP contribution in [0.3, 0.4) is 0 Å². The quantitative estimate of drug-likeness (QED) is 0.150. The van der Waals surface area contributed by atoms with Gasteiger partial charge in [-0.1, -0.05) is 176 Å². The Balaban J connectivity index is 1.16. The van der Waals surface area contributed by atoms with Gasteiger partial charge in [0, 0.05) is 37.1 Å². The highest BCUT2D eigenvalue weighted by atomic mass is 32.1. The van der Waals surface area contributed by atoms with Gasteiger partial charge < -0.3 is 4.90 Å². The van der Waals surface area contributed by atoms with E-state index in [4.69, 9.17) is 0 Å². The van der Waals surface area contributed by atoms with E-state index >= 15 is 0 Å². The van der Waals surface area contributed by atoms with Gasteiger partial charge in [0.2, 0.25) is 0 Å². The van der Waals surface area contributed by atoms with Crippen LogP contribution < -0.4 is 4.90 Å². The maximum Gasteiger partial charge on any atom is 0.0540 e. The summed E-state index contributed by atoms with van der Waals surface area (Å²) in [5.41, 5.74) is 15.3. The first-order chi connectivity index (χ1) is 27.8. The molecule has 0 aliphatic heterocycles. The van der Waals surface area contributed by atoms with Gasteiger partial charge in [0.15, 0.2) is 0 Å². The van der Waals surface area contributed by atoms with Gasteiger partial charge >= 0.3 is 0 Å². The average Bonchev–Trinajstić information content (AvgIpc) is 3.66. The molecule has 0 fully saturated rings. The lowest BCUT2D eigenvalue weighted by molar-refractivity contribution is 1.29. The summed E-state index contributed by atoms with van der Waals surface area (Å²) in [5.74, 6) is 0. The predicted octanol–water partition coefficient (Wildman–Crippen LogP) is 15.9. The van der Waals surface area contributed by atoms with Crippen LogP contribution in [0.1, 0.15) is 0 Å². The first kappa shape index (κ1) is 33.6. The Morgan fingerprint density at radius 2 is 0.732 bits per heavy atom. The van der Waals surface area contributed by atoms with Crippen molar-refractivity contribution in [1.29, 1.82) is 0 Å². The summed E-state index contributed by atoms with van der Waals surface area (Å²) >= 11 is 1.86. The van der Waals surface area contributed by atoms with Crippen molar-refractivity contribution in [3.8, 4) is 55.6 Å². The summed E-state index contributed by atoms with van der Waals surface area (Å²) in [6.45, 7) is 0. The Morgan fingerprint density at radius 1 is 0.268 bits per heavy atom. The van der Waals surface area contributed by atoms with Crippen LogP contribution in [0.5, 0.6) is 0 Å². The number of hydrogen-bond acceptors (Lipinski definition) is 2. The molecule has 0 aliphatic carbocycles. The number of fused-ring (bicyclic) bond motifs is 3. The van der Waals surface area contributed by atoms with E-state index in [2.05, 4.69) is 229 Å². The SMILES string of the molecule is c1ccc(-c2ccc(N(c3ccc4c(c3)sc3ccccc34)c3ccc(-c4ccc(-c5ccccc5)c(-c5ccccc5)c4)cc3-c3ccccc3)cc2)cc1. The van der Waals surface area contributed by atoms with Crippen LogP contribution in [0, 0.1) is 0 Å². The number of rotatable bonds is 8. The fourth-order valence-corrected chi connectivity index (χ4v) is 9.06. The highest BCUT2D eigenvalue weighted by molar-refractivity contribution is 7.25. The van der Waals surface area contributed by atoms with Crippen LogP contribution in [-0.2, 0) is 0 Å². The minimum Gasteiger partial charge on any atom is -0.310 e. The molecule has 10 rings (SSSR count). The third-order valence-electron chi connectivity index (χ3n) is 10.7. The van der Waals surface area contributed by atoms with Crippen molar-refractivity contribution in [3.63, 3.8) is 0 Å². The van der Waals surface area contributed by atoms with E-state index in [0.717, 1.165) is 17.1 Å².